The zero-order valence-corrected chi connectivity index (χ0v) is 20.5. The number of para-hydroxylation sites is 1. The van der Waals surface area contributed by atoms with Gasteiger partial charge in [-0.2, -0.15) is 0 Å². The third-order valence-electron chi connectivity index (χ3n) is 5.94. The number of rotatable bonds is 7. The molecule has 0 aliphatic carbocycles. The number of carbonyl (C=O) groups excluding carboxylic acids is 1. The average molecular weight is 489 g/mol. The van der Waals surface area contributed by atoms with Gasteiger partial charge in [0.2, 0.25) is 5.76 Å². The Kier molecular flexibility index (Phi) is 5.90. The number of aryl methyl sites for hydroxylation is 2. The summed E-state index contributed by atoms with van der Waals surface area (Å²) in [5.74, 6) is 0.711. The first-order valence-corrected chi connectivity index (χ1v) is 12.1. The highest BCUT2D eigenvalue weighted by Crippen LogP contribution is 2.44. The number of thiazole rings is 1. The summed E-state index contributed by atoms with van der Waals surface area (Å²) in [5.41, 5.74) is 1.96. The Hall–Kier alpha value is -3.91. The molecule has 0 fully saturated rings. The summed E-state index contributed by atoms with van der Waals surface area (Å²) in [5, 5.41) is 0.933. The zero-order chi connectivity index (χ0) is 24.7. The molecule has 0 N–H and O–H groups in total. The van der Waals surface area contributed by atoms with Crippen molar-refractivity contribution in [2.75, 3.05) is 18.1 Å². The Morgan fingerprint density at radius 2 is 1.94 bits per heavy atom. The average Bonchev–Trinajstić information content (AvgIpc) is 3.34. The molecular weight excluding hydrogens is 464 g/mol. The van der Waals surface area contributed by atoms with Gasteiger partial charge in [0.25, 0.3) is 5.91 Å². The number of amides is 1. The molecule has 2 aromatic heterocycles. The van der Waals surface area contributed by atoms with E-state index in [0.29, 0.717) is 51.9 Å². The lowest BCUT2D eigenvalue weighted by atomic mass is 9.98. The van der Waals surface area contributed by atoms with Gasteiger partial charge in [-0.1, -0.05) is 30.9 Å². The molecular formula is C27H24N2O5S. The van der Waals surface area contributed by atoms with Gasteiger partial charge in [-0.25, -0.2) is 4.98 Å². The van der Waals surface area contributed by atoms with Gasteiger partial charge in [0.05, 0.1) is 29.3 Å². The lowest BCUT2D eigenvalue weighted by molar-refractivity contribution is 0.0971. The molecule has 5 rings (SSSR count). The number of nitrogens with zero attached hydrogens (tertiary/aromatic N) is 2. The second-order valence-corrected chi connectivity index (χ2v) is 9.31. The molecule has 35 heavy (non-hydrogen) atoms. The molecule has 0 radical (unpaired) electrons. The number of ether oxygens (including phenoxy) is 2. The second-order valence-electron chi connectivity index (χ2n) is 8.12. The number of aromatic nitrogens is 1. The summed E-state index contributed by atoms with van der Waals surface area (Å²) in [6.07, 6.45) is 1.65. The van der Waals surface area contributed by atoms with E-state index in [1.165, 1.54) is 11.3 Å². The molecule has 178 valence electrons. The summed E-state index contributed by atoms with van der Waals surface area (Å²) >= 11 is 1.41. The van der Waals surface area contributed by atoms with E-state index >= 15 is 0 Å². The van der Waals surface area contributed by atoms with Crippen molar-refractivity contribution in [1.29, 1.82) is 0 Å². The van der Waals surface area contributed by atoms with Crippen LogP contribution in [-0.2, 0) is 0 Å². The van der Waals surface area contributed by atoms with Gasteiger partial charge in [-0.3, -0.25) is 14.5 Å². The van der Waals surface area contributed by atoms with Crippen molar-refractivity contribution in [3.63, 3.8) is 0 Å². The maximum Gasteiger partial charge on any atom is 0.297 e. The highest BCUT2D eigenvalue weighted by Gasteiger charge is 2.45. The van der Waals surface area contributed by atoms with E-state index in [2.05, 4.69) is 11.6 Å². The normalized spacial score (nSPS) is 14.9. The summed E-state index contributed by atoms with van der Waals surface area (Å²) in [7, 11) is 0. The quantitative estimate of drug-likeness (QED) is 0.316. The van der Waals surface area contributed by atoms with Crippen molar-refractivity contribution in [1.82, 2.24) is 4.98 Å². The monoisotopic (exact) mass is 488 g/mol. The Labute approximate surface area is 206 Å². The third kappa shape index (κ3) is 3.80. The number of fused-ring (bicyclic) bond motifs is 2. The zero-order valence-electron chi connectivity index (χ0n) is 19.7. The molecule has 1 atom stereocenters. The molecule has 0 saturated heterocycles. The first kappa shape index (κ1) is 22.9. The molecule has 2 aromatic carbocycles. The van der Waals surface area contributed by atoms with Gasteiger partial charge < -0.3 is 13.9 Å². The fourth-order valence-electron chi connectivity index (χ4n) is 4.22. The molecule has 1 aliphatic rings. The molecule has 8 heteroatoms. The number of anilines is 1. The van der Waals surface area contributed by atoms with Crippen LogP contribution in [0, 0.1) is 13.8 Å². The number of carbonyl (C=O) groups is 1. The van der Waals surface area contributed by atoms with Gasteiger partial charge in [-0.05, 0) is 50.6 Å². The van der Waals surface area contributed by atoms with Gasteiger partial charge in [-0.15, -0.1) is 11.3 Å². The molecule has 1 aliphatic heterocycles. The fourth-order valence-corrected chi connectivity index (χ4v) is 5.16. The Bertz CT molecular complexity index is 1500. The van der Waals surface area contributed by atoms with Crippen LogP contribution in [-0.4, -0.2) is 24.1 Å². The minimum Gasteiger partial charge on any atom is -0.490 e. The number of hydrogen-bond donors (Lipinski definition) is 0. The molecule has 1 amide bonds. The van der Waals surface area contributed by atoms with E-state index in [1.54, 1.807) is 41.3 Å². The summed E-state index contributed by atoms with van der Waals surface area (Å²) in [6.45, 7) is 10.2. The van der Waals surface area contributed by atoms with Crippen molar-refractivity contribution in [2.45, 2.75) is 26.8 Å². The Morgan fingerprint density at radius 3 is 2.66 bits per heavy atom. The minimum absolute atomic E-state index is 0.0362. The predicted molar refractivity (Wildman–Crippen MR) is 136 cm³/mol. The van der Waals surface area contributed by atoms with Gasteiger partial charge in [0.15, 0.2) is 22.1 Å². The Morgan fingerprint density at radius 1 is 1.14 bits per heavy atom. The van der Waals surface area contributed by atoms with E-state index in [-0.39, 0.29) is 11.2 Å². The maximum absolute atomic E-state index is 13.7. The molecule has 0 saturated carbocycles. The van der Waals surface area contributed by atoms with Crippen molar-refractivity contribution in [3.05, 3.63) is 92.8 Å². The van der Waals surface area contributed by atoms with Crippen LogP contribution in [0.5, 0.6) is 11.5 Å². The van der Waals surface area contributed by atoms with Crippen LogP contribution in [0.15, 0.2) is 64.3 Å². The van der Waals surface area contributed by atoms with Crippen LogP contribution in [0.3, 0.4) is 0 Å². The topological polar surface area (TPSA) is 81.9 Å². The lowest BCUT2D eigenvalue weighted by Gasteiger charge is -2.23. The first-order chi connectivity index (χ1) is 16.9. The van der Waals surface area contributed by atoms with Crippen LogP contribution in [0.4, 0.5) is 5.13 Å². The molecule has 4 aromatic rings. The Balaban J connectivity index is 1.75. The van der Waals surface area contributed by atoms with Crippen LogP contribution >= 0.6 is 11.3 Å². The van der Waals surface area contributed by atoms with Crippen LogP contribution in [0.25, 0.3) is 11.0 Å². The molecule has 7 nitrogen and oxygen atoms in total. The minimum atomic E-state index is -0.726. The summed E-state index contributed by atoms with van der Waals surface area (Å²) < 4.78 is 17.6. The first-order valence-electron chi connectivity index (χ1n) is 11.3. The van der Waals surface area contributed by atoms with Gasteiger partial charge in [0, 0.05) is 4.88 Å². The van der Waals surface area contributed by atoms with E-state index in [4.69, 9.17) is 13.9 Å². The van der Waals surface area contributed by atoms with E-state index < -0.39 is 11.9 Å². The van der Waals surface area contributed by atoms with Crippen molar-refractivity contribution < 1.29 is 18.7 Å². The van der Waals surface area contributed by atoms with E-state index in [1.807, 2.05) is 32.9 Å². The summed E-state index contributed by atoms with van der Waals surface area (Å²) in [6, 6.07) is 11.7. The molecule has 0 spiro atoms. The predicted octanol–water partition coefficient (Wildman–Crippen LogP) is 5.58. The van der Waals surface area contributed by atoms with Crippen LogP contribution < -0.4 is 19.8 Å². The summed E-state index contributed by atoms with van der Waals surface area (Å²) in [4.78, 5) is 34.6. The van der Waals surface area contributed by atoms with Crippen LogP contribution in [0.2, 0.25) is 0 Å². The molecule has 3 heterocycles. The van der Waals surface area contributed by atoms with Crippen molar-refractivity contribution in [3.8, 4) is 11.5 Å². The lowest BCUT2D eigenvalue weighted by Crippen LogP contribution is -2.29. The largest absolute Gasteiger partial charge is 0.490 e. The van der Waals surface area contributed by atoms with Crippen molar-refractivity contribution >= 4 is 33.3 Å². The second kappa shape index (κ2) is 9.03. The highest BCUT2D eigenvalue weighted by molar-refractivity contribution is 7.15. The molecule has 0 unspecified atom stereocenters. The van der Waals surface area contributed by atoms with Gasteiger partial charge >= 0.3 is 0 Å². The number of hydrogen-bond acceptors (Lipinski definition) is 7. The van der Waals surface area contributed by atoms with Gasteiger partial charge in [0.1, 0.15) is 12.2 Å². The fraction of sp³-hybridized carbons (Fsp3) is 0.222. The number of benzene rings is 2. The smallest absolute Gasteiger partial charge is 0.297 e. The molecule has 0 bridgehead atoms. The van der Waals surface area contributed by atoms with E-state index in [9.17, 15) is 9.59 Å². The standard InChI is InChI=1S/C27H24N2O5S/c1-5-13-33-20-12-11-17(14-21(20)32-6-2)23-22-24(30)18-9-7-8-10-19(18)34-25(22)26(31)29(23)27-28-15(3)16(4)35-27/h5,7-12,14,23H,1,6,13H2,2-4H3/t23-/m1/s1. The van der Waals surface area contributed by atoms with E-state index in [0.717, 1.165) is 10.6 Å². The SMILES string of the molecule is C=CCOc1ccc([C@@H]2c3c(oc4ccccc4c3=O)C(=O)N2c2nc(C)c(C)s2)cc1OCC. The maximum atomic E-state index is 13.7. The van der Waals surface area contributed by atoms with Crippen molar-refractivity contribution in [2.24, 2.45) is 0 Å². The highest BCUT2D eigenvalue weighted by atomic mass is 32.1. The third-order valence-corrected chi connectivity index (χ3v) is 7.01. The van der Waals surface area contributed by atoms with Crippen LogP contribution in [0.1, 0.15) is 45.2 Å².